The maximum Gasteiger partial charge on any atom is 0.226 e. The third-order valence-corrected chi connectivity index (χ3v) is 3.48. The number of carbonyl (C=O) groups excluding carboxylic acids is 1. The van der Waals surface area contributed by atoms with E-state index < -0.39 is 0 Å². The van der Waals surface area contributed by atoms with E-state index in [9.17, 15) is 4.79 Å². The Kier molecular flexibility index (Phi) is 4.07. The first-order chi connectivity index (χ1) is 8.15. The second-order valence-electron chi connectivity index (χ2n) is 4.56. The lowest BCUT2D eigenvalue weighted by Crippen LogP contribution is -2.43. The van der Waals surface area contributed by atoms with Crippen molar-refractivity contribution in [3.8, 4) is 0 Å². The lowest BCUT2D eigenvalue weighted by Gasteiger charge is -2.30. The number of nitrogens with two attached hydrogens (primary N) is 1. The van der Waals surface area contributed by atoms with Gasteiger partial charge in [-0.15, -0.1) is 12.6 Å². The molecule has 92 valence electrons. The highest BCUT2D eigenvalue weighted by atomic mass is 32.1. The van der Waals surface area contributed by atoms with Crippen LogP contribution in [0.15, 0.2) is 29.2 Å². The summed E-state index contributed by atoms with van der Waals surface area (Å²) in [6, 6.07) is 8.00. The molecular weight excluding hydrogens is 232 g/mol. The van der Waals surface area contributed by atoms with Gasteiger partial charge in [-0.2, -0.15) is 0 Å². The number of hydrogen-bond acceptors (Lipinski definition) is 3. The number of piperidine rings is 1. The van der Waals surface area contributed by atoms with Gasteiger partial charge in [0.05, 0.1) is 6.42 Å². The molecule has 0 atom stereocenters. The van der Waals surface area contributed by atoms with Gasteiger partial charge in [0.2, 0.25) is 5.91 Å². The first-order valence-electron chi connectivity index (χ1n) is 5.96. The summed E-state index contributed by atoms with van der Waals surface area (Å²) >= 11 is 4.22. The Morgan fingerprint density at radius 3 is 2.47 bits per heavy atom. The van der Waals surface area contributed by atoms with E-state index in [2.05, 4.69) is 12.6 Å². The molecule has 0 unspecified atom stereocenters. The van der Waals surface area contributed by atoms with Crippen molar-refractivity contribution in [2.75, 3.05) is 13.1 Å². The quantitative estimate of drug-likeness (QED) is 0.781. The minimum atomic E-state index is 0.198. The summed E-state index contributed by atoms with van der Waals surface area (Å²) < 4.78 is 0. The zero-order valence-electron chi connectivity index (χ0n) is 9.80. The summed E-state index contributed by atoms with van der Waals surface area (Å²) in [4.78, 5) is 14.9. The zero-order valence-corrected chi connectivity index (χ0v) is 10.7. The zero-order chi connectivity index (χ0) is 12.3. The predicted molar refractivity (Wildman–Crippen MR) is 71.2 cm³/mol. The largest absolute Gasteiger partial charge is 0.342 e. The van der Waals surface area contributed by atoms with Crippen molar-refractivity contribution in [2.24, 2.45) is 5.73 Å². The summed E-state index contributed by atoms with van der Waals surface area (Å²) in [5.41, 5.74) is 6.86. The van der Waals surface area contributed by atoms with Crippen LogP contribution in [-0.2, 0) is 11.2 Å². The first kappa shape index (κ1) is 12.5. The van der Waals surface area contributed by atoms with Gasteiger partial charge < -0.3 is 10.6 Å². The van der Waals surface area contributed by atoms with E-state index in [1.54, 1.807) is 0 Å². The van der Waals surface area contributed by atoms with Crippen molar-refractivity contribution in [1.82, 2.24) is 4.90 Å². The normalized spacial score (nSPS) is 17.2. The van der Waals surface area contributed by atoms with Crippen LogP contribution in [0.2, 0.25) is 0 Å². The molecule has 1 fully saturated rings. The Morgan fingerprint density at radius 2 is 1.88 bits per heavy atom. The van der Waals surface area contributed by atoms with Gasteiger partial charge in [0, 0.05) is 24.0 Å². The van der Waals surface area contributed by atoms with E-state index in [0.29, 0.717) is 6.42 Å². The molecule has 2 N–H and O–H groups in total. The topological polar surface area (TPSA) is 46.3 Å². The first-order valence-corrected chi connectivity index (χ1v) is 6.41. The average molecular weight is 250 g/mol. The molecule has 2 rings (SSSR count). The van der Waals surface area contributed by atoms with Crippen molar-refractivity contribution in [3.63, 3.8) is 0 Å². The van der Waals surface area contributed by atoms with Crippen molar-refractivity contribution in [3.05, 3.63) is 29.8 Å². The van der Waals surface area contributed by atoms with Crippen LogP contribution in [0.3, 0.4) is 0 Å². The number of carbonyl (C=O) groups is 1. The molecule has 4 heteroatoms. The van der Waals surface area contributed by atoms with Gasteiger partial charge >= 0.3 is 0 Å². The number of nitrogens with zero attached hydrogens (tertiary/aromatic N) is 1. The SMILES string of the molecule is NC1CCN(C(=O)Cc2ccc(S)cc2)CC1. The molecular formula is C13H18N2OS. The molecule has 0 bridgehead atoms. The Morgan fingerprint density at radius 1 is 1.29 bits per heavy atom. The Labute approximate surface area is 107 Å². The van der Waals surface area contributed by atoms with Gasteiger partial charge in [0.15, 0.2) is 0 Å². The molecule has 1 amide bonds. The number of thiol groups is 1. The fourth-order valence-electron chi connectivity index (χ4n) is 2.05. The molecule has 1 aromatic rings. The van der Waals surface area contributed by atoms with Gasteiger partial charge in [-0.3, -0.25) is 4.79 Å². The molecule has 17 heavy (non-hydrogen) atoms. The lowest BCUT2D eigenvalue weighted by atomic mass is 10.0. The Bertz CT molecular complexity index is 383. The molecule has 1 aromatic carbocycles. The third-order valence-electron chi connectivity index (χ3n) is 3.18. The van der Waals surface area contributed by atoms with E-state index in [0.717, 1.165) is 36.4 Å². The second kappa shape index (κ2) is 5.56. The Balaban J connectivity index is 1.90. The summed E-state index contributed by atoms with van der Waals surface area (Å²) in [7, 11) is 0. The van der Waals surface area contributed by atoms with E-state index in [1.807, 2.05) is 29.2 Å². The maximum atomic E-state index is 12.0. The fraction of sp³-hybridized carbons (Fsp3) is 0.462. The van der Waals surface area contributed by atoms with E-state index >= 15 is 0 Å². The van der Waals surface area contributed by atoms with E-state index in [1.165, 1.54) is 0 Å². The van der Waals surface area contributed by atoms with Crippen LogP contribution in [0.25, 0.3) is 0 Å². The molecule has 1 saturated heterocycles. The van der Waals surface area contributed by atoms with Crippen LogP contribution in [0.5, 0.6) is 0 Å². The van der Waals surface area contributed by atoms with Crippen LogP contribution in [-0.4, -0.2) is 29.9 Å². The summed E-state index contributed by atoms with van der Waals surface area (Å²) in [6.45, 7) is 1.59. The molecule has 0 saturated carbocycles. The molecule has 0 aromatic heterocycles. The molecule has 1 aliphatic heterocycles. The second-order valence-corrected chi connectivity index (χ2v) is 5.08. The molecule has 0 radical (unpaired) electrons. The number of amides is 1. The highest BCUT2D eigenvalue weighted by molar-refractivity contribution is 7.80. The third kappa shape index (κ3) is 3.48. The summed E-state index contributed by atoms with van der Waals surface area (Å²) in [5.74, 6) is 0.198. The van der Waals surface area contributed by atoms with Gasteiger partial charge in [-0.25, -0.2) is 0 Å². The smallest absolute Gasteiger partial charge is 0.226 e. The maximum absolute atomic E-state index is 12.0. The van der Waals surface area contributed by atoms with Crippen molar-refractivity contribution in [1.29, 1.82) is 0 Å². The van der Waals surface area contributed by atoms with Crippen LogP contribution in [0.1, 0.15) is 18.4 Å². The highest BCUT2D eigenvalue weighted by Crippen LogP contribution is 2.12. The van der Waals surface area contributed by atoms with Crippen LogP contribution in [0, 0.1) is 0 Å². The molecule has 3 nitrogen and oxygen atoms in total. The predicted octanol–water partition coefficient (Wildman–Crippen LogP) is 1.47. The van der Waals surface area contributed by atoms with E-state index in [-0.39, 0.29) is 11.9 Å². The van der Waals surface area contributed by atoms with Crippen molar-refractivity contribution < 1.29 is 4.79 Å². The Hall–Kier alpha value is -1.00. The monoisotopic (exact) mass is 250 g/mol. The van der Waals surface area contributed by atoms with Crippen LogP contribution < -0.4 is 5.73 Å². The van der Waals surface area contributed by atoms with Crippen LogP contribution >= 0.6 is 12.6 Å². The molecule has 0 aliphatic carbocycles. The van der Waals surface area contributed by atoms with Gasteiger partial charge in [0.25, 0.3) is 0 Å². The molecule has 0 spiro atoms. The van der Waals surface area contributed by atoms with E-state index in [4.69, 9.17) is 5.73 Å². The van der Waals surface area contributed by atoms with Crippen molar-refractivity contribution >= 4 is 18.5 Å². The number of rotatable bonds is 2. The minimum absolute atomic E-state index is 0.198. The highest BCUT2D eigenvalue weighted by Gasteiger charge is 2.20. The minimum Gasteiger partial charge on any atom is -0.342 e. The lowest BCUT2D eigenvalue weighted by molar-refractivity contribution is -0.131. The summed E-state index contributed by atoms with van der Waals surface area (Å²) in [6.07, 6.45) is 2.31. The summed E-state index contributed by atoms with van der Waals surface area (Å²) in [5, 5.41) is 0. The standard InChI is InChI=1S/C13H18N2OS/c14-11-5-7-15(8-6-11)13(16)9-10-1-3-12(17)4-2-10/h1-4,11,17H,5-9,14H2. The van der Waals surface area contributed by atoms with Gasteiger partial charge in [0.1, 0.15) is 0 Å². The number of likely N-dealkylation sites (tertiary alicyclic amines) is 1. The van der Waals surface area contributed by atoms with Crippen LogP contribution in [0.4, 0.5) is 0 Å². The number of benzene rings is 1. The average Bonchev–Trinajstić information content (AvgIpc) is 2.33. The van der Waals surface area contributed by atoms with Gasteiger partial charge in [-0.1, -0.05) is 12.1 Å². The van der Waals surface area contributed by atoms with Gasteiger partial charge in [-0.05, 0) is 30.5 Å². The number of hydrogen-bond donors (Lipinski definition) is 2. The molecule has 1 aliphatic rings. The fourth-order valence-corrected chi connectivity index (χ4v) is 2.20. The molecule has 1 heterocycles. The van der Waals surface area contributed by atoms with Crippen molar-refractivity contribution in [2.45, 2.75) is 30.2 Å².